The molecule has 0 bridgehead atoms. The summed E-state index contributed by atoms with van der Waals surface area (Å²) in [5.74, 6) is 0.892. The highest BCUT2D eigenvalue weighted by atomic mass is 14.9. The maximum absolute atomic E-state index is 4.58. The molecule has 0 atom stereocenters. The molecule has 96 valence electrons. The fraction of sp³-hybridized carbons (Fsp3) is 0.250. The van der Waals surface area contributed by atoms with Crippen LogP contribution in [0.25, 0.3) is 22.4 Å². The first-order valence-electron chi connectivity index (χ1n) is 6.45. The second-order valence-electron chi connectivity index (χ2n) is 5.81. The van der Waals surface area contributed by atoms with Crippen LogP contribution < -0.4 is 0 Å². The van der Waals surface area contributed by atoms with Crippen molar-refractivity contribution < 1.29 is 0 Å². The van der Waals surface area contributed by atoms with E-state index in [2.05, 4.69) is 60.0 Å². The van der Waals surface area contributed by atoms with E-state index in [-0.39, 0.29) is 5.41 Å². The fourth-order valence-corrected chi connectivity index (χ4v) is 2.12. The summed E-state index contributed by atoms with van der Waals surface area (Å²) in [4.78, 5) is 12.0. The molecule has 1 aromatic carbocycles. The van der Waals surface area contributed by atoms with Gasteiger partial charge in [0, 0.05) is 11.8 Å². The van der Waals surface area contributed by atoms with Gasteiger partial charge < -0.3 is 4.98 Å². The maximum Gasteiger partial charge on any atom is 0.138 e. The van der Waals surface area contributed by atoms with E-state index in [9.17, 15) is 0 Å². The summed E-state index contributed by atoms with van der Waals surface area (Å²) in [5.41, 5.74) is 4.52. The summed E-state index contributed by atoms with van der Waals surface area (Å²) >= 11 is 0. The van der Waals surface area contributed by atoms with Crippen molar-refractivity contribution in [2.24, 2.45) is 0 Å². The Bertz CT molecular complexity index is 670. The molecule has 0 spiro atoms. The van der Waals surface area contributed by atoms with E-state index in [0.717, 1.165) is 22.4 Å². The normalized spacial score (nSPS) is 11.9. The zero-order valence-corrected chi connectivity index (χ0v) is 11.4. The third-order valence-electron chi connectivity index (χ3n) is 3.31. The highest BCUT2D eigenvalue weighted by Gasteiger charge is 2.13. The van der Waals surface area contributed by atoms with Crippen LogP contribution in [0, 0.1) is 0 Å². The Balaban J connectivity index is 2.02. The predicted molar refractivity (Wildman–Crippen MR) is 78.0 cm³/mol. The quantitative estimate of drug-likeness (QED) is 0.712. The van der Waals surface area contributed by atoms with E-state index in [0.29, 0.717) is 0 Å². The Kier molecular flexibility index (Phi) is 2.63. The first-order valence-corrected chi connectivity index (χ1v) is 6.45. The number of nitrogens with zero attached hydrogens (tertiary/aromatic N) is 2. The summed E-state index contributed by atoms with van der Waals surface area (Å²) in [6, 6.07) is 10.5. The SMILES string of the molecule is CC(C)(C)c1ccc(-c2nc3ccncc3[nH]2)cc1. The van der Waals surface area contributed by atoms with Crippen molar-refractivity contribution in [3.63, 3.8) is 0 Å². The minimum atomic E-state index is 0.177. The molecule has 2 aromatic heterocycles. The molecule has 3 aromatic rings. The van der Waals surface area contributed by atoms with Gasteiger partial charge in [0.2, 0.25) is 0 Å². The number of fused-ring (bicyclic) bond motifs is 1. The van der Waals surface area contributed by atoms with Crippen molar-refractivity contribution >= 4 is 11.0 Å². The Labute approximate surface area is 112 Å². The van der Waals surface area contributed by atoms with Gasteiger partial charge in [-0.2, -0.15) is 0 Å². The van der Waals surface area contributed by atoms with Crippen LogP contribution in [-0.4, -0.2) is 15.0 Å². The van der Waals surface area contributed by atoms with Gasteiger partial charge in [0.25, 0.3) is 0 Å². The molecule has 0 radical (unpaired) electrons. The van der Waals surface area contributed by atoms with Gasteiger partial charge in [-0.25, -0.2) is 4.98 Å². The molecule has 3 heteroatoms. The van der Waals surface area contributed by atoms with Gasteiger partial charge in [-0.3, -0.25) is 4.98 Å². The number of nitrogens with one attached hydrogen (secondary N) is 1. The smallest absolute Gasteiger partial charge is 0.138 e. The Morgan fingerprint density at radius 3 is 2.37 bits per heavy atom. The molecule has 2 heterocycles. The van der Waals surface area contributed by atoms with Gasteiger partial charge in [-0.05, 0) is 17.0 Å². The molecule has 0 saturated heterocycles. The lowest BCUT2D eigenvalue weighted by molar-refractivity contribution is 0.590. The average molecular weight is 251 g/mol. The lowest BCUT2D eigenvalue weighted by Gasteiger charge is -2.18. The molecular formula is C16H17N3. The summed E-state index contributed by atoms with van der Waals surface area (Å²) in [6.07, 6.45) is 3.56. The van der Waals surface area contributed by atoms with Crippen molar-refractivity contribution in [3.8, 4) is 11.4 Å². The Hall–Kier alpha value is -2.16. The van der Waals surface area contributed by atoms with Gasteiger partial charge in [0.1, 0.15) is 5.82 Å². The van der Waals surface area contributed by atoms with Crippen LogP contribution in [0.1, 0.15) is 26.3 Å². The van der Waals surface area contributed by atoms with Gasteiger partial charge in [0.05, 0.1) is 17.2 Å². The fourth-order valence-electron chi connectivity index (χ4n) is 2.12. The average Bonchev–Trinajstić information content (AvgIpc) is 2.81. The van der Waals surface area contributed by atoms with Gasteiger partial charge in [-0.1, -0.05) is 45.0 Å². The molecule has 0 fully saturated rings. The third kappa shape index (κ3) is 2.24. The molecule has 0 unspecified atom stereocenters. The number of rotatable bonds is 1. The number of hydrogen-bond donors (Lipinski definition) is 1. The monoisotopic (exact) mass is 251 g/mol. The molecule has 0 saturated carbocycles. The minimum Gasteiger partial charge on any atom is -0.337 e. The van der Waals surface area contributed by atoms with Crippen molar-refractivity contribution in [1.29, 1.82) is 0 Å². The van der Waals surface area contributed by atoms with Crippen molar-refractivity contribution in [2.75, 3.05) is 0 Å². The number of pyridine rings is 1. The van der Waals surface area contributed by atoms with Crippen LogP contribution in [0.15, 0.2) is 42.7 Å². The van der Waals surface area contributed by atoms with Gasteiger partial charge >= 0.3 is 0 Å². The van der Waals surface area contributed by atoms with Crippen molar-refractivity contribution in [1.82, 2.24) is 15.0 Å². The van der Waals surface area contributed by atoms with E-state index in [1.165, 1.54) is 5.56 Å². The number of H-pyrrole nitrogens is 1. The molecular weight excluding hydrogens is 234 g/mol. The summed E-state index contributed by atoms with van der Waals surface area (Å²) in [7, 11) is 0. The largest absolute Gasteiger partial charge is 0.337 e. The van der Waals surface area contributed by atoms with Crippen LogP contribution in [0.4, 0.5) is 0 Å². The highest BCUT2D eigenvalue weighted by molar-refractivity contribution is 5.78. The van der Waals surface area contributed by atoms with Gasteiger partial charge in [0.15, 0.2) is 0 Å². The number of benzene rings is 1. The van der Waals surface area contributed by atoms with Crippen molar-refractivity contribution in [2.45, 2.75) is 26.2 Å². The molecule has 0 aliphatic heterocycles. The molecule has 0 aliphatic carbocycles. The standard InChI is InChI=1S/C16H17N3/c1-16(2,3)12-6-4-11(5-7-12)15-18-13-8-9-17-10-14(13)19-15/h4-10H,1-3H3,(H,18,19). The van der Waals surface area contributed by atoms with E-state index in [4.69, 9.17) is 0 Å². The molecule has 0 aliphatic rings. The second-order valence-corrected chi connectivity index (χ2v) is 5.81. The summed E-state index contributed by atoms with van der Waals surface area (Å²) in [5, 5.41) is 0. The topological polar surface area (TPSA) is 41.6 Å². The van der Waals surface area contributed by atoms with Crippen molar-refractivity contribution in [3.05, 3.63) is 48.3 Å². The Morgan fingerprint density at radius 2 is 1.74 bits per heavy atom. The number of imidazole rings is 1. The van der Waals surface area contributed by atoms with E-state index >= 15 is 0 Å². The molecule has 3 nitrogen and oxygen atoms in total. The zero-order chi connectivity index (χ0) is 13.5. The molecule has 0 amide bonds. The summed E-state index contributed by atoms with van der Waals surface area (Å²) < 4.78 is 0. The van der Waals surface area contributed by atoms with Crippen LogP contribution >= 0.6 is 0 Å². The highest BCUT2D eigenvalue weighted by Crippen LogP contribution is 2.25. The van der Waals surface area contributed by atoms with Crippen LogP contribution in [0.5, 0.6) is 0 Å². The first kappa shape index (κ1) is 11.9. The number of hydrogen-bond acceptors (Lipinski definition) is 2. The van der Waals surface area contributed by atoms with Crippen LogP contribution in [0.3, 0.4) is 0 Å². The van der Waals surface area contributed by atoms with Gasteiger partial charge in [-0.15, -0.1) is 0 Å². The van der Waals surface area contributed by atoms with Crippen LogP contribution in [-0.2, 0) is 5.41 Å². The molecule has 3 rings (SSSR count). The predicted octanol–water partition coefficient (Wildman–Crippen LogP) is 3.92. The summed E-state index contributed by atoms with van der Waals surface area (Å²) in [6.45, 7) is 6.65. The van der Waals surface area contributed by atoms with E-state index in [1.54, 1.807) is 12.4 Å². The molecule has 1 N–H and O–H groups in total. The first-order chi connectivity index (χ1) is 9.04. The lowest BCUT2D eigenvalue weighted by atomic mass is 9.87. The number of aromatic amines is 1. The third-order valence-corrected chi connectivity index (χ3v) is 3.31. The Morgan fingerprint density at radius 1 is 1.00 bits per heavy atom. The van der Waals surface area contributed by atoms with E-state index in [1.807, 2.05) is 6.07 Å². The zero-order valence-electron chi connectivity index (χ0n) is 11.4. The second kappa shape index (κ2) is 4.19. The molecule has 19 heavy (non-hydrogen) atoms. The number of aromatic nitrogens is 3. The minimum absolute atomic E-state index is 0.177. The van der Waals surface area contributed by atoms with E-state index < -0.39 is 0 Å². The van der Waals surface area contributed by atoms with Crippen LogP contribution in [0.2, 0.25) is 0 Å². The maximum atomic E-state index is 4.58. The lowest BCUT2D eigenvalue weighted by Crippen LogP contribution is -2.10.